The molecule has 0 fully saturated rings. The summed E-state index contributed by atoms with van der Waals surface area (Å²) in [4.78, 5) is 0. The molecule has 0 aromatic heterocycles. The molecular formula is C16H14N2. The molecule has 0 radical (unpaired) electrons. The van der Waals surface area contributed by atoms with E-state index in [9.17, 15) is 0 Å². The van der Waals surface area contributed by atoms with Crippen LogP contribution in [-0.4, -0.2) is 6.54 Å². The van der Waals surface area contributed by atoms with Gasteiger partial charge in [0.25, 0.3) is 0 Å². The highest BCUT2D eigenvalue weighted by atomic mass is 14.9. The highest BCUT2D eigenvalue weighted by molar-refractivity contribution is 5.67. The Morgan fingerprint density at radius 2 is 1.89 bits per heavy atom. The van der Waals surface area contributed by atoms with Gasteiger partial charge in [-0.05, 0) is 29.3 Å². The third-order valence-corrected chi connectivity index (χ3v) is 2.68. The average molecular weight is 234 g/mol. The minimum absolute atomic E-state index is 0.658. The fraction of sp³-hybridized carbons (Fsp3) is 0.0625. The molecule has 2 aromatic rings. The maximum atomic E-state index is 8.82. The fourth-order valence-corrected chi connectivity index (χ4v) is 1.68. The molecule has 18 heavy (non-hydrogen) atoms. The van der Waals surface area contributed by atoms with Crippen LogP contribution < -0.4 is 5.32 Å². The van der Waals surface area contributed by atoms with Crippen molar-refractivity contribution in [3.05, 3.63) is 72.3 Å². The second-order valence-corrected chi connectivity index (χ2v) is 4.02. The van der Waals surface area contributed by atoms with Crippen molar-refractivity contribution in [3.63, 3.8) is 0 Å². The zero-order chi connectivity index (χ0) is 12.8. The van der Waals surface area contributed by atoms with Crippen LogP contribution in [-0.2, 0) is 0 Å². The first-order valence-electron chi connectivity index (χ1n) is 5.77. The Morgan fingerprint density at radius 1 is 1.11 bits per heavy atom. The molecular weight excluding hydrogens is 220 g/mol. The third-order valence-electron chi connectivity index (χ3n) is 2.68. The predicted molar refractivity (Wildman–Crippen MR) is 75.1 cm³/mol. The van der Waals surface area contributed by atoms with E-state index in [1.165, 1.54) is 0 Å². The molecule has 0 aliphatic heterocycles. The molecule has 2 heteroatoms. The summed E-state index contributed by atoms with van der Waals surface area (Å²) in [6.45, 7) is 4.72. The van der Waals surface area contributed by atoms with Crippen molar-refractivity contribution in [1.82, 2.24) is 0 Å². The van der Waals surface area contributed by atoms with E-state index < -0.39 is 0 Å². The molecule has 0 spiro atoms. The van der Waals surface area contributed by atoms with Gasteiger partial charge < -0.3 is 5.32 Å². The van der Waals surface area contributed by atoms with Gasteiger partial charge in [0, 0.05) is 12.2 Å². The average Bonchev–Trinajstić information content (AvgIpc) is 2.46. The number of nitrogens with one attached hydrogen (secondary N) is 1. The van der Waals surface area contributed by atoms with Crippen LogP contribution in [0, 0.1) is 11.3 Å². The molecule has 0 heterocycles. The predicted octanol–water partition coefficient (Wildman–Crippen LogP) is 3.68. The standard InChI is InChI=1S/C16H14N2/c1-13(15-7-3-2-4-8-15)12-18-16-9-5-6-14(10-16)11-17/h2-10,18H,1,12H2. The number of hydrogen-bond donors (Lipinski definition) is 1. The van der Waals surface area contributed by atoms with E-state index in [0.717, 1.165) is 16.8 Å². The summed E-state index contributed by atoms with van der Waals surface area (Å²) in [5.41, 5.74) is 3.75. The van der Waals surface area contributed by atoms with Gasteiger partial charge >= 0.3 is 0 Å². The van der Waals surface area contributed by atoms with Crippen LogP contribution in [0.3, 0.4) is 0 Å². The monoisotopic (exact) mass is 234 g/mol. The van der Waals surface area contributed by atoms with E-state index in [2.05, 4.69) is 18.0 Å². The highest BCUT2D eigenvalue weighted by Gasteiger charge is 1.99. The zero-order valence-electron chi connectivity index (χ0n) is 10.1. The Balaban J connectivity index is 2.00. The first-order valence-corrected chi connectivity index (χ1v) is 5.77. The number of anilines is 1. The lowest BCUT2D eigenvalue weighted by atomic mass is 10.1. The van der Waals surface area contributed by atoms with Crippen LogP contribution in [0.5, 0.6) is 0 Å². The minimum Gasteiger partial charge on any atom is -0.381 e. The molecule has 2 rings (SSSR count). The zero-order valence-corrected chi connectivity index (χ0v) is 10.1. The largest absolute Gasteiger partial charge is 0.381 e. The number of benzene rings is 2. The summed E-state index contributed by atoms with van der Waals surface area (Å²) in [5, 5.41) is 12.1. The Morgan fingerprint density at radius 3 is 2.61 bits per heavy atom. The van der Waals surface area contributed by atoms with Crippen LogP contribution in [0.1, 0.15) is 11.1 Å². The van der Waals surface area contributed by atoms with E-state index in [1.807, 2.05) is 48.5 Å². The van der Waals surface area contributed by atoms with Gasteiger partial charge in [0.05, 0.1) is 11.6 Å². The van der Waals surface area contributed by atoms with Crippen LogP contribution in [0.2, 0.25) is 0 Å². The third kappa shape index (κ3) is 2.99. The normalized spacial score (nSPS) is 9.50. The van der Waals surface area contributed by atoms with Crippen molar-refractivity contribution >= 4 is 11.3 Å². The van der Waals surface area contributed by atoms with Gasteiger partial charge in [0.2, 0.25) is 0 Å². The topological polar surface area (TPSA) is 35.8 Å². The van der Waals surface area contributed by atoms with Gasteiger partial charge in [0.15, 0.2) is 0 Å². The van der Waals surface area contributed by atoms with Gasteiger partial charge in [-0.15, -0.1) is 0 Å². The van der Waals surface area contributed by atoms with Gasteiger partial charge in [-0.3, -0.25) is 0 Å². The molecule has 0 unspecified atom stereocenters. The van der Waals surface area contributed by atoms with Crippen molar-refractivity contribution in [2.24, 2.45) is 0 Å². The summed E-state index contributed by atoms with van der Waals surface area (Å²) in [7, 11) is 0. The molecule has 88 valence electrons. The molecule has 0 amide bonds. The van der Waals surface area contributed by atoms with Gasteiger partial charge in [-0.2, -0.15) is 5.26 Å². The Hall–Kier alpha value is -2.53. The van der Waals surface area contributed by atoms with Gasteiger partial charge in [-0.25, -0.2) is 0 Å². The lowest BCUT2D eigenvalue weighted by molar-refractivity contribution is 1.34. The molecule has 1 N–H and O–H groups in total. The van der Waals surface area contributed by atoms with Crippen LogP contribution in [0.25, 0.3) is 5.57 Å². The first-order chi connectivity index (χ1) is 8.79. The Bertz CT molecular complexity index is 580. The van der Waals surface area contributed by atoms with E-state index in [-0.39, 0.29) is 0 Å². The van der Waals surface area contributed by atoms with Gasteiger partial charge in [0.1, 0.15) is 0 Å². The highest BCUT2D eigenvalue weighted by Crippen LogP contribution is 2.14. The van der Waals surface area contributed by atoms with Crippen molar-refractivity contribution in [3.8, 4) is 6.07 Å². The van der Waals surface area contributed by atoms with E-state index in [1.54, 1.807) is 6.07 Å². The number of rotatable bonds is 4. The van der Waals surface area contributed by atoms with Crippen LogP contribution in [0.15, 0.2) is 61.2 Å². The molecule has 0 saturated carbocycles. The summed E-state index contributed by atoms with van der Waals surface area (Å²) < 4.78 is 0. The molecule has 0 atom stereocenters. The quantitative estimate of drug-likeness (QED) is 0.875. The first kappa shape index (κ1) is 11.9. The smallest absolute Gasteiger partial charge is 0.0992 e. The van der Waals surface area contributed by atoms with Crippen molar-refractivity contribution < 1.29 is 0 Å². The van der Waals surface area contributed by atoms with Crippen LogP contribution >= 0.6 is 0 Å². The van der Waals surface area contributed by atoms with E-state index in [4.69, 9.17) is 5.26 Å². The summed E-state index contributed by atoms with van der Waals surface area (Å²) in [6, 6.07) is 19.6. The van der Waals surface area contributed by atoms with E-state index >= 15 is 0 Å². The number of hydrogen-bond acceptors (Lipinski definition) is 2. The molecule has 0 bridgehead atoms. The number of nitrogens with zero attached hydrogens (tertiary/aromatic N) is 1. The van der Waals surface area contributed by atoms with Crippen molar-refractivity contribution in [1.29, 1.82) is 5.26 Å². The second-order valence-electron chi connectivity index (χ2n) is 4.02. The molecule has 2 aromatic carbocycles. The Labute approximate surface area is 107 Å². The molecule has 0 saturated heterocycles. The number of nitriles is 1. The van der Waals surface area contributed by atoms with Crippen molar-refractivity contribution in [2.45, 2.75) is 0 Å². The van der Waals surface area contributed by atoms with Gasteiger partial charge in [-0.1, -0.05) is 43.0 Å². The fourth-order valence-electron chi connectivity index (χ4n) is 1.68. The maximum Gasteiger partial charge on any atom is 0.0992 e. The maximum absolute atomic E-state index is 8.82. The lowest BCUT2D eigenvalue weighted by Crippen LogP contribution is -2.03. The lowest BCUT2D eigenvalue weighted by Gasteiger charge is -2.09. The van der Waals surface area contributed by atoms with E-state index in [0.29, 0.717) is 12.1 Å². The summed E-state index contributed by atoms with van der Waals surface area (Å²) in [5.74, 6) is 0. The molecule has 2 nitrogen and oxygen atoms in total. The Kier molecular flexibility index (Phi) is 3.78. The SMILES string of the molecule is C=C(CNc1cccc(C#N)c1)c1ccccc1. The molecule has 0 aliphatic carbocycles. The summed E-state index contributed by atoms with van der Waals surface area (Å²) in [6.07, 6.45) is 0. The molecule has 0 aliphatic rings. The second kappa shape index (κ2) is 5.70. The minimum atomic E-state index is 0.658. The van der Waals surface area contributed by atoms with Crippen molar-refractivity contribution in [2.75, 3.05) is 11.9 Å². The summed E-state index contributed by atoms with van der Waals surface area (Å²) >= 11 is 0. The van der Waals surface area contributed by atoms with Crippen LogP contribution in [0.4, 0.5) is 5.69 Å².